The molecule has 0 bridgehead atoms. The summed E-state index contributed by atoms with van der Waals surface area (Å²) in [5.41, 5.74) is 5.39. The van der Waals surface area contributed by atoms with Crippen LogP contribution in [0.4, 0.5) is 11.4 Å². The lowest BCUT2D eigenvalue weighted by molar-refractivity contribution is 0.135. The minimum absolute atomic E-state index is 0.616. The van der Waals surface area contributed by atoms with E-state index in [-0.39, 0.29) is 0 Å². The van der Waals surface area contributed by atoms with E-state index in [9.17, 15) is 0 Å². The van der Waals surface area contributed by atoms with Crippen LogP contribution in [-0.4, -0.2) is 42.8 Å². The number of fused-ring (bicyclic) bond motifs is 2. The molecule has 4 aromatic rings. The molecule has 0 radical (unpaired) electrons. The van der Waals surface area contributed by atoms with Crippen LogP contribution >= 0.6 is 0 Å². The minimum atomic E-state index is 0.616. The number of hydrogen-bond donors (Lipinski definition) is 1. The second-order valence-electron chi connectivity index (χ2n) is 7.51. The van der Waals surface area contributed by atoms with Gasteiger partial charge in [0.15, 0.2) is 0 Å². The van der Waals surface area contributed by atoms with Crippen LogP contribution in [0, 0.1) is 0 Å². The van der Waals surface area contributed by atoms with Crippen molar-refractivity contribution in [2.75, 3.05) is 32.6 Å². The van der Waals surface area contributed by atoms with Crippen molar-refractivity contribution >= 4 is 39.1 Å². The molecule has 0 aliphatic carbocycles. The molecule has 2 heterocycles. The zero-order chi connectivity index (χ0) is 20.9. The quantitative estimate of drug-likeness (QED) is 0.242. The van der Waals surface area contributed by atoms with Gasteiger partial charge in [0.25, 0.3) is 0 Å². The molecule has 0 unspecified atom stereocenters. The molecule has 0 aliphatic rings. The summed E-state index contributed by atoms with van der Waals surface area (Å²) in [6.07, 6.45) is 2.62. The molecule has 154 valence electrons. The van der Waals surface area contributed by atoms with Gasteiger partial charge in [-0.05, 0) is 57.3 Å². The first kappa shape index (κ1) is 19.9. The normalized spacial score (nSPS) is 12.1. The summed E-state index contributed by atoms with van der Waals surface area (Å²) in [6, 6.07) is 18.2. The minimum Gasteiger partial charge on any atom is -0.446 e. The third kappa shape index (κ3) is 4.44. The van der Waals surface area contributed by atoms with Crippen molar-refractivity contribution in [3.8, 4) is 0 Å². The average Bonchev–Trinajstić information content (AvgIpc) is 3.22. The Morgan fingerprint density at radius 2 is 1.87 bits per heavy atom. The van der Waals surface area contributed by atoms with E-state index >= 15 is 0 Å². The maximum absolute atomic E-state index is 5.54. The molecule has 0 saturated heterocycles. The van der Waals surface area contributed by atoms with Gasteiger partial charge in [-0.2, -0.15) is 0 Å². The lowest BCUT2D eigenvalue weighted by Gasteiger charge is -2.11. The van der Waals surface area contributed by atoms with E-state index in [4.69, 9.17) is 9.25 Å². The molecule has 6 heteroatoms. The van der Waals surface area contributed by atoms with E-state index in [1.165, 1.54) is 0 Å². The molecular weight excluding hydrogens is 376 g/mol. The van der Waals surface area contributed by atoms with Gasteiger partial charge in [-0.1, -0.05) is 35.5 Å². The number of benzene rings is 2. The largest absolute Gasteiger partial charge is 0.446 e. The Balaban J connectivity index is 1.50. The molecule has 1 N–H and O–H groups in total. The van der Waals surface area contributed by atoms with Crippen molar-refractivity contribution in [1.82, 2.24) is 9.88 Å². The van der Waals surface area contributed by atoms with E-state index in [0.29, 0.717) is 12.3 Å². The van der Waals surface area contributed by atoms with Gasteiger partial charge >= 0.3 is 0 Å². The highest BCUT2D eigenvalue weighted by molar-refractivity contribution is 6.07. The first-order valence-electron chi connectivity index (χ1n) is 10.1. The van der Waals surface area contributed by atoms with E-state index in [0.717, 1.165) is 51.9 Å². The fraction of sp³-hybridized carbons (Fsp3) is 0.250. The Morgan fingerprint density at radius 3 is 2.67 bits per heavy atom. The number of aromatic nitrogens is 1. The van der Waals surface area contributed by atoms with Gasteiger partial charge in [-0.25, -0.2) is 4.98 Å². The van der Waals surface area contributed by atoms with Gasteiger partial charge in [-0.15, -0.1) is 0 Å². The molecule has 0 aliphatic heterocycles. The van der Waals surface area contributed by atoms with E-state index in [2.05, 4.69) is 40.5 Å². The molecule has 30 heavy (non-hydrogen) atoms. The van der Waals surface area contributed by atoms with Crippen molar-refractivity contribution in [3.63, 3.8) is 0 Å². The third-order valence-corrected chi connectivity index (χ3v) is 4.92. The van der Waals surface area contributed by atoms with Gasteiger partial charge < -0.3 is 19.5 Å². The Kier molecular flexibility index (Phi) is 5.95. The molecule has 4 rings (SSSR count). The van der Waals surface area contributed by atoms with Crippen LogP contribution in [0.1, 0.15) is 18.9 Å². The molecule has 0 atom stereocenters. The van der Waals surface area contributed by atoms with Crippen molar-refractivity contribution in [3.05, 3.63) is 66.4 Å². The summed E-state index contributed by atoms with van der Waals surface area (Å²) < 4.78 is 5.54. The number of nitrogens with one attached hydrogen (secondary N) is 1. The number of rotatable bonds is 8. The summed E-state index contributed by atoms with van der Waals surface area (Å²) in [4.78, 5) is 12.2. The lowest BCUT2D eigenvalue weighted by atomic mass is 10.1. The molecule has 0 fully saturated rings. The van der Waals surface area contributed by atoms with E-state index in [1.807, 2.05) is 55.5 Å². The van der Waals surface area contributed by atoms with Gasteiger partial charge in [0.1, 0.15) is 6.61 Å². The molecule has 2 aromatic heterocycles. The van der Waals surface area contributed by atoms with Crippen LogP contribution in [0.15, 0.2) is 70.4 Å². The summed E-state index contributed by atoms with van der Waals surface area (Å²) in [7, 11) is 4.10. The van der Waals surface area contributed by atoms with Crippen molar-refractivity contribution in [1.29, 1.82) is 0 Å². The number of hydrogen-bond acceptors (Lipinski definition) is 6. The smallest absolute Gasteiger partial charge is 0.228 e. The fourth-order valence-corrected chi connectivity index (χ4v) is 3.33. The zero-order valence-electron chi connectivity index (χ0n) is 17.6. The molecule has 6 nitrogen and oxygen atoms in total. The SMILES string of the molecule is C/C(=N\OCCCN(C)C)c1ccc(Nc2c3ccccc3nc3occc23)cc1. The van der Waals surface area contributed by atoms with Crippen molar-refractivity contribution < 1.29 is 9.25 Å². The van der Waals surface area contributed by atoms with Crippen LogP contribution in [0.25, 0.3) is 22.0 Å². The van der Waals surface area contributed by atoms with Gasteiger partial charge in [0.05, 0.1) is 28.6 Å². The molecule has 0 amide bonds. The van der Waals surface area contributed by atoms with Crippen LogP contribution in [0.3, 0.4) is 0 Å². The third-order valence-electron chi connectivity index (χ3n) is 4.92. The molecular formula is C24H26N4O2. The molecule has 0 spiro atoms. The molecule has 0 saturated carbocycles. The predicted octanol–water partition coefficient (Wildman–Crippen LogP) is 5.42. The second-order valence-corrected chi connectivity index (χ2v) is 7.51. The van der Waals surface area contributed by atoms with Gasteiger partial charge in [-0.3, -0.25) is 0 Å². The van der Waals surface area contributed by atoms with Crippen LogP contribution in [0.5, 0.6) is 0 Å². The Bertz CT molecular complexity index is 1160. The Hall–Kier alpha value is -3.38. The summed E-state index contributed by atoms with van der Waals surface area (Å²) >= 11 is 0. The highest BCUT2D eigenvalue weighted by Gasteiger charge is 2.11. The van der Waals surface area contributed by atoms with E-state index in [1.54, 1.807) is 6.26 Å². The predicted molar refractivity (Wildman–Crippen MR) is 123 cm³/mol. The summed E-state index contributed by atoms with van der Waals surface area (Å²) in [5.74, 6) is 0. The van der Waals surface area contributed by atoms with Crippen LogP contribution in [-0.2, 0) is 4.84 Å². The maximum atomic E-state index is 5.54. The van der Waals surface area contributed by atoms with Crippen molar-refractivity contribution in [2.45, 2.75) is 13.3 Å². The van der Waals surface area contributed by atoms with Crippen molar-refractivity contribution in [2.24, 2.45) is 5.16 Å². The highest BCUT2D eigenvalue weighted by atomic mass is 16.6. The first-order chi connectivity index (χ1) is 14.6. The van der Waals surface area contributed by atoms with Crippen LogP contribution < -0.4 is 5.32 Å². The number of pyridine rings is 1. The first-order valence-corrected chi connectivity index (χ1v) is 10.1. The van der Waals surface area contributed by atoms with E-state index < -0.39 is 0 Å². The lowest BCUT2D eigenvalue weighted by Crippen LogP contribution is -2.14. The summed E-state index contributed by atoms with van der Waals surface area (Å²) in [6.45, 7) is 3.56. The fourth-order valence-electron chi connectivity index (χ4n) is 3.33. The summed E-state index contributed by atoms with van der Waals surface area (Å²) in [5, 5.41) is 9.79. The number of oxime groups is 1. The average molecular weight is 402 g/mol. The second kappa shape index (κ2) is 8.97. The number of anilines is 2. The van der Waals surface area contributed by atoms with Crippen LogP contribution in [0.2, 0.25) is 0 Å². The number of nitrogens with zero attached hydrogens (tertiary/aromatic N) is 3. The highest BCUT2D eigenvalue weighted by Crippen LogP contribution is 2.33. The number of furan rings is 1. The van der Waals surface area contributed by atoms with Gasteiger partial charge in [0.2, 0.25) is 5.71 Å². The Labute approximate surface area is 176 Å². The standard InChI is InChI=1S/C24H26N4O2/c1-17(27-30-15-6-14-28(2)3)18-9-11-19(12-10-18)25-23-20-7-4-5-8-22(20)26-24-21(23)13-16-29-24/h4-5,7-13,16H,6,14-15H2,1-3H3,(H,25,26)/b27-17+. The van der Waals surface area contributed by atoms with Gasteiger partial charge in [0, 0.05) is 17.6 Å². The number of para-hydroxylation sites is 1. The maximum Gasteiger partial charge on any atom is 0.228 e. The Morgan fingerprint density at radius 1 is 1.07 bits per heavy atom. The monoisotopic (exact) mass is 402 g/mol. The topological polar surface area (TPSA) is 62.9 Å². The zero-order valence-corrected chi connectivity index (χ0v) is 17.6. The molecule has 2 aromatic carbocycles.